The van der Waals surface area contributed by atoms with Crippen LogP contribution in [0.3, 0.4) is 0 Å². The third-order valence-electron chi connectivity index (χ3n) is 3.37. The summed E-state index contributed by atoms with van der Waals surface area (Å²) in [4.78, 5) is 0. The lowest BCUT2D eigenvalue weighted by Crippen LogP contribution is -2.22. The molecule has 2 aromatic rings. The quantitative estimate of drug-likeness (QED) is 0.937. The molecule has 6 heteroatoms. The Morgan fingerprint density at radius 1 is 1.33 bits per heavy atom. The molecule has 0 fully saturated rings. The van der Waals surface area contributed by atoms with Crippen LogP contribution in [-0.2, 0) is 13.2 Å². The average molecular weight is 297 g/mol. The van der Waals surface area contributed by atoms with Gasteiger partial charge in [0.15, 0.2) is 0 Å². The highest BCUT2D eigenvalue weighted by Crippen LogP contribution is 2.33. The third kappa shape index (κ3) is 3.44. The van der Waals surface area contributed by atoms with E-state index in [1.165, 1.54) is 6.07 Å². The first-order chi connectivity index (χ1) is 9.82. The van der Waals surface area contributed by atoms with Crippen molar-refractivity contribution in [3.8, 4) is 0 Å². The lowest BCUT2D eigenvalue weighted by molar-refractivity contribution is -0.137. The minimum Gasteiger partial charge on any atom is -0.306 e. The molecular weight excluding hydrogens is 279 g/mol. The van der Waals surface area contributed by atoms with Crippen molar-refractivity contribution in [1.29, 1.82) is 0 Å². The van der Waals surface area contributed by atoms with E-state index in [2.05, 4.69) is 10.4 Å². The third-order valence-corrected chi connectivity index (χ3v) is 3.37. The number of aromatic nitrogens is 2. The van der Waals surface area contributed by atoms with Crippen LogP contribution in [-0.4, -0.2) is 16.3 Å². The zero-order valence-corrected chi connectivity index (χ0v) is 12.2. The Morgan fingerprint density at radius 3 is 2.52 bits per heavy atom. The number of nitrogens with zero attached hydrogens (tertiary/aromatic N) is 2. The molecule has 0 amide bonds. The number of alkyl halides is 3. The first-order valence-corrected chi connectivity index (χ1v) is 6.72. The smallest absolute Gasteiger partial charge is 0.306 e. The summed E-state index contributed by atoms with van der Waals surface area (Å²) in [5.41, 5.74) is 1.75. The average Bonchev–Trinajstić information content (AvgIpc) is 2.82. The number of benzene rings is 1. The van der Waals surface area contributed by atoms with Crippen molar-refractivity contribution in [2.75, 3.05) is 6.54 Å². The lowest BCUT2D eigenvalue weighted by atomic mass is 9.95. The molecule has 3 nitrogen and oxygen atoms in total. The van der Waals surface area contributed by atoms with Crippen LogP contribution in [0.15, 0.2) is 30.6 Å². The van der Waals surface area contributed by atoms with E-state index >= 15 is 0 Å². The maximum atomic E-state index is 12.7. The van der Waals surface area contributed by atoms with Crippen LogP contribution in [0.2, 0.25) is 0 Å². The standard InChI is InChI=1S/C15H18F3N3/c1-4-19-14(11-8-20-21(3)9-11)13-6-5-12(7-10(13)2)15(16,17)18/h5-9,14,19H,4H2,1-3H3. The van der Waals surface area contributed by atoms with E-state index in [0.29, 0.717) is 12.1 Å². The molecule has 0 saturated heterocycles. The number of nitrogens with one attached hydrogen (secondary N) is 1. The van der Waals surface area contributed by atoms with Gasteiger partial charge in [-0.3, -0.25) is 4.68 Å². The Labute approximate surface area is 121 Å². The molecule has 0 spiro atoms. The summed E-state index contributed by atoms with van der Waals surface area (Å²) >= 11 is 0. The fourth-order valence-corrected chi connectivity index (χ4v) is 2.38. The molecule has 1 atom stereocenters. The summed E-state index contributed by atoms with van der Waals surface area (Å²) in [6.07, 6.45) is -0.722. The van der Waals surface area contributed by atoms with Crippen LogP contribution in [0.4, 0.5) is 13.2 Å². The highest BCUT2D eigenvalue weighted by molar-refractivity contribution is 5.39. The van der Waals surface area contributed by atoms with Crippen molar-refractivity contribution in [3.63, 3.8) is 0 Å². The van der Waals surface area contributed by atoms with E-state index in [1.54, 1.807) is 23.9 Å². The minimum atomic E-state index is -4.31. The van der Waals surface area contributed by atoms with E-state index in [0.717, 1.165) is 17.2 Å². The second kappa shape index (κ2) is 5.89. The summed E-state index contributed by atoms with van der Waals surface area (Å²) < 4.78 is 39.9. The van der Waals surface area contributed by atoms with E-state index in [9.17, 15) is 13.2 Å². The molecular formula is C15H18F3N3. The second-order valence-corrected chi connectivity index (χ2v) is 5.01. The van der Waals surface area contributed by atoms with Gasteiger partial charge >= 0.3 is 6.18 Å². The van der Waals surface area contributed by atoms with Crippen molar-refractivity contribution in [2.45, 2.75) is 26.1 Å². The van der Waals surface area contributed by atoms with E-state index in [1.807, 2.05) is 20.2 Å². The fourth-order valence-electron chi connectivity index (χ4n) is 2.38. The molecule has 0 aliphatic heterocycles. The minimum absolute atomic E-state index is 0.161. The fraction of sp³-hybridized carbons (Fsp3) is 0.400. The predicted molar refractivity (Wildman–Crippen MR) is 74.9 cm³/mol. The molecule has 0 radical (unpaired) electrons. The number of hydrogen-bond donors (Lipinski definition) is 1. The number of aryl methyl sites for hydroxylation is 2. The Bertz CT molecular complexity index is 617. The van der Waals surface area contributed by atoms with Gasteiger partial charge < -0.3 is 5.32 Å². The molecule has 1 aromatic heterocycles. The molecule has 1 heterocycles. The molecule has 1 unspecified atom stereocenters. The van der Waals surface area contributed by atoms with E-state index in [-0.39, 0.29) is 6.04 Å². The van der Waals surface area contributed by atoms with Crippen LogP contribution in [0.25, 0.3) is 0 Å². The van der Waals surface area contributed by atoms with Gasteiger partial charge in [-0.1, -0.05) is 13.0 Å². The maximum absolute atomic E-state index is 12.7. The summed E-state index contributed by atoms with van der Waals surface area (Å²) in [5.74, 6) is 0. The highest BCUT2D eigenvalue weighted by Gasteiger charge is 2.31. The largest absolute Gasteiger partial charge is 0.416 e. The Kier molecular flexibility index (Phi) is 4.37. The Morgan fingerprint density at radius 2 is 2.05 bits per heavy atom. The van der Waals surface area contributed by atoms with Crippen molar-refractivity contribution >= 4 is 0 Å². The monoisotopic (exact) mass is 297 g/mol. The van der Waals surface area contributed by atoms with E-state index < -0.39 is 11.7 Å². The molecule has 2 rings (SSSR count). The number of hydrogen-bond acceptors (Lipinski definition) is 2. The number of halogens is 3. The topological polar surface area (TPSA) is 29.9 Å². The molecule has 114 valence electrons. The molecule has 0 saturated carbocycles. The highest BCUT2D eigenvalue weighted by atomic mass is 19.4. The van der Waals surface area contributed by atoms with Gasteiger partial charge in [0, 0.05) is 18.8 Å². The molecule has 21 heavy (non-hydrogen) atoms. The first-order valence-electron chi connectivity index (χ1n) is 6.72. The zero-order valence-electron chi connectivity index (χ0n) is 12.2. The summed E-state index contributed by atoms with van der Waals surface area (Å²) in [6.45, 7) is 4.37. The summed E-state index contributed by atoms with van der Waals surface area (Å²) in [5, 5.41) is 7.42. The predicted octanol–water partition coefficient (Wildman–Crippen LogP) is 3.45. The molecule has 0 bridgehead atoms. The molecule has 0 aliphatic carbocycles. The van der Waals surface area contributed by atoms with Gasteiger partial charge in [-0.15, -0.1) is 0 Å². The summed E-state index contributed by atoms with van der Waals surface area (Å²) in [7, 11) is 1.81. The lowest BCUT2D eigenvalue weighted by Gasteiger charge is -2.20. The van der Waals surface area contributed by atoms with Crippen molar-refractivity contribution < 1.29 is 13.2 Å². The zero-order chi connectivity index (χ0) is 15.6. The van der Waals surface area contributed by atoms with Gasteiger partial charge in [0.05, 0.1) is 17.8 Å². The molecule has 0 aliphatic rings. The van der Waals surface area contributed by atoms with Crippen molar-refractivity contribution in [2.24, 2.45) is 7.05 Å². The van der Waals surface area contributed by atoms with Gasteiger partial charge in [0.2, 0.25) is 0 Å². The van der Waals surface area contributed by atoms with Crippen LogP contribution >= 0.6 is 0 Å². The Hall–Kier alpha value is -1.82. The van der Waals surface area contributed by atoms with E-state index in [4.69, 9.17) is 0 Å². The SMILES string of the molecule is CCNC(c1cnn(C)c1)c1ccc(C(F)(F)F)cc1C. The van der Waals surface area contributed by atoms with Gasteiger partial charge in [0.25, 0.3) is 0 Å². The number of rotatable bonds is 4. The normalized spacial score (nSPS) is 13.4. The first kappa shape index (κ1) is 15.6. The van der Waals surface area contributed by atoms with Crippen molar-refractivity contribution in [3.05, 3.63) is 52.8 Å². The van der Waals surface area contributed by atoms with Crippen molar-refractivity contribution in [1.82, 2.24) is 15.1 Å². The summed E-state index contributed by atoms with van der Waals surface area (Å²) in [6, 6.07) is 3.70. The van der Waals surface area contributed by atoms with Gasteiger partial charge in [-0.2, -0.15) is 18.3 Å². The van der Waals surface area contributed by atoms with Gasteiger partial charge in [-0.25, -0.2) is 0 Å². The van der Waals surface area contributed by atoms with Crippen LogP contribution in [0, 0.1) is 6.92 Å². The molecule has 1 aromatic carbocycles. The van der Waals surface area contributed by atoms with Gasteiger partial charge in [0.1, 0.15) is 0 Å². The van der Waals surface area contributed by atoms with Crippen LogP contribution in [0.1, 0.15) is 35.2 Å². The Balaban J connectivity index is 2.42. The van der Waals surface area contributed by atoms with Gasteiger partial charge in [-0.05, 0) is 36.7 Å². The van der Waals surface area contributed by atoms with Crippen LogP contribution < -0.4 is 5.32 Å². The second-order valence-electron chi connectivity index (χ2n) is 5.01. The molecule has 1 N–H and O–H groups in total. The van der Waals surface area contributed by atoms with Crippen LogP contribution in [0.5, 0.6) is 0 Å². The maximum Gasteiger partial charge on any atom is 0.416 e.